The quantitative estimate of drug-likeness (QED) is 0.630. The van der Waals surface area contributed by atoms with E-state index in [0.717, 1.165) is 18.4 Å². The van der Waals surface area contributed by atoms with Crippen LogP contribution >= 0.6 is 0 Å². The summed E-state index contributed by atoms with van der Waals surface area (Å²) in [5, 5.41) is 6.05. The van der Waals surface area contributed by atoms with Crippen LogP contribution in [0.25, 0.3) is 0 Å². The number of hydrogen-bond donors (Lipinski definition) is 2. The van der Waals surface area contributed by atoms with Gasteiger partial charge in [0.25, 0.3) is 0 Å². The van der Waals surface area contributed by atoms with Crippen molar-refractivity contribution in [1.29, 1.82) is 0 Å². The van der Waals surface area contributed by atoms with Crippen LogP contribution in [0.1, 0.15) is 36.9 Å². The average molecular weight is 410 g/mol. The molecule has 1 aliphatic rings. The number of hydrogen-bond acceptors (Lipinski definition) is 4. The van der Waals surface area contributed by atoms with Crippen LogP contribution in [0.4, 0.5) is 5.69 Å². The number of benzene rings is 2. The van der Waals surface area contributed by atoms with Crippen molar-refractivity contribution in [3.8, 4) is 5.75 Å². The third-order valence-corrected chi connectivity index (χ3v) is 5.38. The molecule has 2 N–H and O–H groups in total. The van der Waals surface area contributed by atoms with Crippen LogP contribution in [-0.4, -0.2) is 43.5 Å². The van der Waals surface area contributed by atoms with Gasteiger partial charge in [0.15, 0.2) is 0 Å². The highest BCUT2D eigenvalue weighted by atomic mass is 16.5. The summed E-state index contributed by atoms with van der Waals surface area (Å²) in [6, 6.07) is 15.6. The molecule has 30 heavy (non-hydrogen) atoms. The number of carbonyl (C=O) groups excluding carboxylic acids is 2. The molecule has 2 aromatic carbocycles. The standard InChI is InChI=1S/C24H31N3O3/c1-4-27(15-22(28)25-20-6-5-7-21(14-20)30-3)16-23(29)26-24(19-12-13-19)18-10-8-17(2)9-11-18/h5-11,14,19,24H,4,12-13,15-16H2,1-3H3,(H,25,28)(H,26,29). The Morgan fingerprint density at radius 2 is 1.80 bits per heavy atom. The second-order valence-electron chi connectivity index (χ2n) is 7.88. The van der Waals surface area contributed by atoms with Crippen LogP contribution in [0.3, 0.4) is 0 Å². The number of anilines is 1. The second kappa shape index (κ2) is 10.3. The van der Waals surface area contributed by atoms with E-state index in [2.05, 4.69) is 41.8 Å². The number of rotatable bonds is 10. The molecule has 0 aromatic heterocycles. The maximum absolute atomic E-state index is 12.7. The van der Waals surface area contributed by atoms with Crippen LogP contribution in [0, 0.1) is 12.8 Å². The van der Waals surface area contributed by atoms with E-state index in [9.17, 15) is 9.59 Å². The monoisotopic (exact) mass is 409 g/mol. The van der Waals surface area contributed by atoms with Crippen molar-refractivity contribution in [3.05, 3.63) is 59.7 Å². The van der Waals surface area contributed by atoms with Crippen LogP contribution in [0.15, 0.2) is 48.5 Å². The van der Waals surface area contributed by atoms with Gasteiger partial charge in [0.1, 0.15) is 5.75 Å². The highest BCUT2D eigenvalue weighted by molar-refractivity contribution is 5.92. The van der Waals surface area contributed by atoms with Crippen LogP contribution in [0.2, 0.25) is 0 Å². The van der Waals surface area contributed by atoms with Gasteiger partial charge in [-0.25, -0.2) is 0 Å². The Hall–Kier alpha value is -2.86. The van der Waals surface area contributed by atoms with Crippen molar-refractivity contribution in [3.63, 3.8) is 0 Å². The Bertz CT molecular complexity index is 862. The van der Waals surface area contributed by atoms with Crippen molar-refractivity contribution in [2.45, 2.75) is 32.7 Å². The van der Waals surface area contributed by atoms with Gasteiger partial charge in [0, 0.05) is 11.8 Å². The Balaban J connectivity index is 1.54. The molecule has 1 saturated carbocycles. The summed E-state index contributed by atoms with van der Waals surface area (Å²) in [6.45, 7) is 4.96. The Morgan fingerprint density at radius 1 is 1.10 bits per heavy atom. The SMILES string of the molecule is CCN(CC(=O)Nc1cccc(OC)c1)CC(=O)NC(c1ccc(C)cc1)C1CC1. The molecule has 0 spiro atoms. The molecule has 0 radical (unpaired) electrons. The number of likely N-dealkylation sites (N-methyl/N-ethyl adjacent to an activating group) is 1. The van der Waals surface area contributed by atoms with Crippen molar-refractivity contribution < 1.29 is 14.3 Å². The predicted octanol–water partition coefficient (Wildman–Crippen LogP) is 3.53. The van der Waals surface area contributed by atoms with Gasteiger partial charge < -0.3 is 15.4 Å². The van der Waals surface area contributed by atoms with Crippen molar-refractivity contribution >= 4 is 17.5 Å². The fraction of sp³-hybridized carbons (Fsp3) is 0.417. The highest BCUT2D eigenvalue weighted by Crippen LogP contribution is 2.41. The van der Waals surface area contributed by atoms with Gasteiger partial charge in [0.2, 0.25) is 11.8 Å². The molecule has 2 amide bonds. The topological polar surface area (TPSA) is 70.7 Å². The lowest BCUT2D eigenvalue weighted by molar-refractivity contribution is -0.124. The molecule has 1 fully saturated rings. The molecule has 1 unspecified atom stereocenters. The van der Waals surface area contributed by atoms with Gasteiger partial charge >= 0.3 is 0 Å². The van der Waals surface area contributed by atoms with Crippen LogP contribution < -0.4 is 15.4 Å². The minimum atomic E-state index is -0.157. The summed E-state index contributed by atoms with van der Waals surface area (Å²) in [6.07, 6.45) is 2.28. The molecule has 1 atom stereocenters. The van der Waals surface area contributed by atoms with E-state index in [-0.39, 0.29) is 30.9 Å². The number of nitrogens with zero attached hydrogens (tertiary/aromatic N) is 1. The normalized spacial score (nSPS) is 14.3. The first-order valence-corrected chi connectivity index (χ1v) is 10.5. The zero-order chi connectivity index (χ0) is 21.5. The summed E-state index contributed by atoms with van der Waals surface area (Å²) in [7, 11) is 1.59. The van der Waals surface area contributed by atoms with E-state index in [1.54, 1.807) is 13.2 Å². The van der Waals surface area contributed by atoms with E-state index in [0.29, 0.717) is 23.9 Å². The predicted molar refractivity (Wildman–Crippen MR) is 119 cm³/mol. The van der Waals surface area contributed by atoms with Crippen LogP contribution in [-0.2, 0) is 9.59 Å². The third kappa shape index (κ3) is 6.32. The fourth-order valence-corrected chi connectivity index (χ4v) is 3.48. The molecule has 0 saturated heterocycles. The maximum atomic E-state index is 12.7. The summed E-state index contributed by atoms with van der Waals surface area (Å²) in [5.41, 5.74) is 3.03. The van der Waals surface area contributed by atoms with Gasteiger partial charge in [-0.15, -0.1) is 0 Å². The summed E-state index contributed by atoms with van der Waals surface area (Å²) < 4.78 is 5.18. The molecule has 160 valence electrons. The fourth-order valence-electron chi connectivity index (χ4n) is 3.48. The first-order chi connectivity index (χ1) is 14.5. The molecule has 3 rings (SSSR count). The minimum absolute atomic E-state index is 0.0439. The lowest BCUT2D eigenvalue weighted by atomic mass is 10.0. The largest absolute Gasteiger partial charge is 0.497 e. The number of amides is 2. The lowest BCUT2D eigenvalue weighted by Gasteiger charge is -2.23. The van der Waals surface area contributed by atoms with Gasteiger partial charge in [-0.1, -0.05) is 42.8 Å². The number of carbonyl (C=O) groups is 2. The molecule has 0 aliphatic heterocycles. The van der Waals surface area contributed by atoms with Gasteiger partial charge in [-0.05, 0) is 49.9 Å². The van der Waals surface area contributed by atoms with E-state index in [1.807, 2.05) is 30.0 Å². The number of methoxy groups -OCH3 is 1. The zero-order valence-electron chi connectivity index (χ0n) is 18.0. The molecule has 6 heteroatoms. The molecule has 0 bridgehead atoms. The highest BCUT2D eigenvalue weighted by Gasteiger charge is 2.33. The zero-order valence-corrected chi connectivity index (χ0v) is 18.0. The number of aryl methyl sites for hydroxylation is 1. The first kappa shape index (κ1) is 21.8. The van der Waals surface area contributed by atoms with Gasteiger partial charge in [-0.3, -0.25) is 14.5 Å². The molecule has 0 heterocycles. The first-order valence-electron chi connectivity index (χ1n) is 10.5. The smallest absolute Gasteiger partial charge is 0.238 e. The number of nitrogens with one attached hydrogen (secondary N) is 2. The summed E-state index contributed by atoms with van der Waals surface area (Å²) in [5.74, 6) is 0.975. The van der Waals surface area contributed by atoms with Gasteiger partial charge in [0.05, 0.1) is 26.2 Å². The van der Waals surface area contributed by atoms with Gasteiger partial charge in [-0.2, -0.15) is 0 Å². The van der Waals surface area contributed by atoms with E-state index in [1.165, 1.54) is 5.56 Å². The van der Waals surface area contributed by atoms with Crippen molar-refractivity contribution in [2.75, 3.05) is 32.1 Å². The maximum Gasteiger partial charge on any atom is 0.238 e. The van der Waals surface area contributed by atoms with Crippen molar-refractivity contribution in [2.24, 2.45) is 5.92 Å². The van der Waals surface area contributed by atoms with Crippen molar-refractivity contribution in [1.82, 2.24) is 10.2 Å². The second-order valence-corrected chi connectivity index (χ2v) is 7.88. The molecular weight excluding hydrogens is 378 g/mol. The molecule has 6 nitrogen and oxygen atoms in total. The summed E-state index contributed by atoms with van der Waals surface area (Å²) in [4.78, 5) is 27.0. The van der Waals surface area contributed by atoms with Crippen LogP contribution in [0.5, 0.6) is 5.75 Å². The summed E-state index contributed by atoms with van der Waals surface area (Å²) >= 11 is 0. The Morgan fingerprint density at radius 3 is 2.43 bits per heavy atom. The Labute approximate surface area is 178 Å². The lowest BCUT2D eigenvalue weighted by Crippen LogP contribution is -2.42. The third-order valence-electron chi connectivity index (χ3n) is 5.38. The van der Waals surface area contributed by atoms with E-state index >= 15 is 0 Å². The molecular formula is C24H31N3O3. The average Bonchev–Trinajstić information content (AvgIpc) is 3.57. The minimum Gasteiger partial charge on any atom is -0.497 e. The molecule has 2 aromatic rings. The molecule has 1 aliphatic carbocycles. The Kier molecular flexibility index (Phi) is 7.46. The number of ether oxygens (including phenoxy) is 1. The van der Waals surface area contributed by atoms with E-state index < -0.39 is 0 Å². The van der Waals surface area contributed by atoms with E-state index in [4.69, 9.17) is 4.74 Å².